The largest absolute Gasteiger partial charge is 0.475 e. The van der Waals surface area contributed by atoms with Crippen molar-refractivity contribution in [1.82, 2.24) is 4.98 Å². The molecule has 1 unspecified atom stereocenters. The molecule has 0 fully saturated rings. The van der Waals surface area contributed by atoms with E-state index < -0.39 is 0 Å². The van der Waals surface area contributed by atoms with Crippen molar-refractivity contribution in [3.8, 4) is 5.88 Å². The first-order valence-electron chi connectivity index (χ1n) is 5.65. The molecule has 0 radical (unpaired) electrons. The van der Waals surface area contributed by atoms with E-state index in [4.69, 9.17) is 19.9 Å². The molecule has 5 nitrogen and oxygen atoms in total. The van der Waals surface area contributed by atoms with Crippen molar-refractivity contribution in [3.63, 3.8) is 0 Å². The van der Waals surface area contributed by atoms with E-state index in [2.05, 4.69) is 4.98 Å². The second kappa shape index (κ2) is 8.00. The van der Waals surface area contributed by atoms with Crippen LogP contribution >= 0.6 is 0 Å². The molecule has 0 aliphatic carbocycles. The molecule has 17 heavy (non-hydrogen) atoms. The van der Waals surface area contributed by atoms with Gasteiger partial charge in [0, 0.05) is 25.4 Å². The monoisotopic (exact) mass is 240 g/mol. The second-order valence-corrected chi connectivity index (χ2v) is 3.67. The van der Waals surface area contributed by atoms with E-state index in [9.17, 15) is 0 Å². The lowest BCUT2D eigenvalue weighted by Crippen LogP contribution is -2.11. The van der Waals surface area contributed by atoms with Gasteiger partial charge in [0.1, 0.15) is 6.61 Å². The second-order valence-electron chi connectivity index (χ2n) is 3.67. The summed E-state index contributed by atoms with van der Waals surface area (Å²) in [5.41, 5.74) is 6.78. The van der Waals surface area contributed by atoms with Gasteiger partial charge in [-0.2, -0.15) is 0 Å². The fourth-order valence-electron chi connectivity index (χ4n) is 1.24. The molecule has 1 aromatic heterocycles. The molecule has 0 spiro atoms. The van der Waals surface area contributed by atoms with Crippen LogP contribution in [0, 0.1) is 0 Å². The van der Waals surface area contributed by atoms with Crippen LogP contribution in [0.1, 0.15) is 18.5 Å². The minimum Gasteiger partial charge on any atom is -0.475 e. The van der Waals surface area contributed by atoms with E-state index in [1.165, 1.54) is 0 Å². The Balaban J connectivity index is 2.24. The van der Waals surface area contributed by atoms with Crippen molar-refractivity contribution in [1.29, 1.82) is 0 Å². The Labute approximate surface area is 102 Å². The lowest BCUT2D eigenvalue weighted by molar-refractivity contribution is 0.0536. The first-order chi connectivity index (χ1) is 8.24. The number of pyridine rings is 1. The van der Waals surface area contributed by atoms with Crippen molar-refractivity contribution < 1.29 is 14.2 Å². The summed E-state index contributed by atoms with van der Waals surface area (Å²) in [5.74, 6) is 0.579. The van der Waals surface area contributed by atoms with Crippen molar-refractivity contribution >= 4 is 0 Å². The zero-order valence-electron chi connectivity index (χ0n) is 10.4. The summed E-state index contributed by atoms with van der Waals surface area (Å²) in [6.07, 6.45) is 1.69. The van der Waals surface area contributed by atoms with Crippen LogP contribution in [-0.2, 0) is 9.47 Å². The number of ether oxygens (including phenoxy) is 3. The molecule has 1 atom stereocenters. The van der Waals surface area contributed by atoms with Gasteiger partial charge in [0.2, 0.25) is 5.88 Å². The quantitative estimate of drug-likeness (QED) is 0.690. The number of hydrogen-bond donors (Lipinski definition) is 1. The van der Waals surface area contributed by atoms with Crippen LogP contribution in [0.5, 0.6) is 5.88 Å². The van der Waals surface area contributed by atoms with Crippen LogP contribution < -0.4 is 10.5 Å². The van der Waals surface area contributed by atoms with Gasteiger partial charge in [-0.1, -0.05) is 0 Å². The van der Waals surface area contributed by atoms with Crippen LogP contribution in [0.25, 0.3) is 0 Å². The Kier molecular flexibility index (Phi) is 6.54. The highest BCUT2D eigenvalue weighted by molar-refractivity contribution is 5.22. The molecule has 96 valence electrons. The van der Waals surface area contributed by atoms with E-state index in [0.29, 0.717) is 32.3 Å². The standard InChI is InChI=1S/C12H20N2O3/c1-10(13)11-3-4-14-12(9-11)17-8-7-16-6-5-15-2/h3-4,9-10H,5-8,13H2,1-2H3. The molecule has 0 aliphatic heterocycles. The van der Waals surface area contributed by atoms with E-state index >= 15 is 0 Å². The summed E-state index contributed by atoms with van der Waals surface area (Å²) >= 11 is 0. The first-order valence-corrected chi connectivity index (χ1v) is 5.65. The van der Waals surface area contributed by atoms with Crippen LogP contribution in [0.4, 0.5) is 0 Å². The topological polar surface area (TPSA) is 66.6 Å². The maximum Gasteiger partial charge on any atom is 0.213 e. The summed E-state index contributed by atoms with van der Waals surface area (Å²) < 4.78 is 15.6. The van der Waals surface area contributed by atoms with Crippen LogP contribution in [-0.4, -0.2) is 38.5 Å². The Morgan fingerprint density at radius 1 is 1.29 bits per heavy atom. The van der Waals surface area contributed by atoms with Gasteiger partial charge in [-0.05, 0) is 18.6 Å². The lowest BCUT2D eigenvalue weighted by Gasteiger charge is -2.09. The molecular weight excluding hydrogens is 220 g/mol. The van der Waals surface area contributed by atoms with Crippen molar-refractivity contribution in [2.24, 2.45) is 5.73 Å². The predicted octanol–water partition coefficient (Wildman–Crippen LogP) is 1.14. The fourth-order valence-corrected chi connectivity index (χ4v) is 1.24. The molecule has 1 heterocycles. The van der Waals surface area contributed by atoms with E-state index in [0.717, 1.165) is 5.56 Å². The first kappa shape index (κ1) is 13.9. The summed E-state index contributed by atoms with van der Waals surface area (Å²) in [6.45, 7) is 4.09. The molecule has 0 amide bonds. The number of hydrogen-bond acceptors (Lipinski definition) is 5. The van der Waals surface area contributed by atoms with E-state index in [1.807, 2.05) is 19.1 Å². The van der Waals surface area contributed by atoms with E-state index in [-0.39, 0.29) is 6.04 Å². The van der Waals surface area contributed by atoms with Gasteiger partial charge in [-0.25, -0.2) is 4.98 Å². The van der Waals surface area contributed by atoms with Gasteiger partial charge in [0.05, 0.1) is 19.8 Å². The molecule has 1 rings (SSSR count). The average Bonchev–Trinajstić information content (AvgIpc) is 2.34. The van der Waals surface area contributed by atoms with Gasteiger partial charge in [0.15, 0.2) is 0 Å². The van der Waals surface area contributed by atoms with Crippen molar-refractivity contribution in [2.75, 3.05) is 33.5 Å². The molecule has 0 bridgehead atoms. The fraction of sp³-hybridized carbons (Fsp3) is 0.583. The number of nitrogens with two attached hydrogens (primary N) is 1. The molecule has 0 aliphatic rings. The zero-order chi connectivity index (χ0) is 12.5. The molecule has 2 N–H and O–H groups in total. The minimum absolute atomic E-state index is 0.0155. The summed E-state index contributed by atoms with van der Waals surface area (Å²) in [7, 11) is 1.64. The predicted molar refractivity (Wildman–Crippen MR) is 65.0 cm³/mol. The Morgan fingerprint density at radius 2 is 2.06 bits per heavy atom. The van der Waals surface area contributed by atoms with Crippen molar-refractivity contribution in [2.45, 2.75) is 13.0 Å². The maximum atomic E-state index is 5.77. The molecule has 0 aromatic carbocycles. The summed E-state index contributed by atoms with van der Waals surface area (Å²) in [4.78, 5) is 4.10. The Hall–Kier alpha value is -1.17. The molecular formula is C12H20N2O3. The summed E-state index contributed by atoms with van der Waals surface area (Å²) in [5, 5.41) is 0. The van der Waals surface area contributed by atoms with Gasteiger partial charge >= 0.3 is 0 Å². The van der Waals surface area contributed by atoms with Gasteiger partial charge < -0.3 is 19.9 Å². The van der Waals surface area contributed by atoms with Crippen LogP contribution in [0.15, 0.2) is 18.3 Å². The third-order valence-electron chi connectivity index (χ3n) is 2.19. The highest BCUT2D eigenvalue weighted by Crippen LogP contribution is 2.14. The number of methoxy groups -OCH3 is 1. The maximum absolute atomic E-state index is 5.77. The SMILES string of the molecule is COCCOCCOc1cc(C(C)N)ccn1. The van der Waals surface area contributed by atoms with Gasteiger partial charge in [-0.3, -0.25) is 0 Å². The van der Waals surface area contributed by atoms with E-state index in [1.54, 1.807) is 13.3 Å². The zero-order valence-corrected chi connectivity index (χ0v) is 10.4. The number of rotatable bonds is 8. The van der Waals surface area contributed by atoms with Crippen LogP contribution in [0.3, 0.4) is 0 Å². The van der Waals surface area contributed by atoms with Gasteiger partial charge in [-0.15, -0.1) is 0 Å². The molecule has 5 heteroatoms. The Morgan fingerprint density at radius 3 is 2.76 bits per heavy atom. The third-order valence-corrected chi connectivity index (χ3v) is 2.19. The number of nitrogens with zero attached hydrogens (tertiary/aromatic N) is 1. The molecule has 1 aromatic rings. The highest BCUT2D eigenvalue weighted by atomic mass is 16.5. The average molecular weight is 240 g/mol. The third kappa shape index (κ3) is 5.63. The molecule has 0 saturated heterocycles. The smallest absolute Gasteiger partial charge is 0.213 e. The normalized spacial score (nSPS) is 12.4. The summed E-state index contributed by atoms with van der Waals surface area (Å²) in [6, 6.07) is 3.71. The van der Waals surface area contributed by atoms with Gasteiger partial charge in [0.25, 0.3) is 0 Å². The Bertz CT molecular complexity index is 318. The lowest BCUT2D eigenvalue weighted by atomic mass is 10.1. The highest BCUT2D eigenvalue weighted by Gasteiger charge is 2.02. The molecule has 0 saturated carbocycles. The van der Waals surface area contributed by atoms with Crippen LogP contribution in [0.2, 0.25) is 0 Å². The van der Waals surface area contributed by atoms with Crippen molar-refractivity contribution in [3.05, 3.63) is 23.9 Å². The minimum atomic E-state index is -0.0155. The number of aromatic nitrogens is 1.